The Bertz CT molecular complexity index is 912. The van der Waals surface area contributed by atoms with Gasteiger partial charge in [-0.15, -0.1) is 21.5 Å². The first-order valence-electron chi connectivity index (χ1n) is 7.59. The number of nitrogens with zero attached hydrogens (tertiary/aromatic N) is 4. The van der Waals surface area contributed by atoms with Gasteiger partial charge < -0.3 is 10.1 Å². The van der Waals surface area contributed by atoms with Crippen molar-refractivity contribution in [2.24, 2.45) is 0 Å². The Hall–Kier alpha value is -3.14. The molecule has 1 amide bonds. The summed E-state index contributed by atoms with van der Waals surface area (Å²) in [5, 5.41) is 16.1. The van der Waals surface area contributed by atoms with E-state index >= 15 is 0 Å². The van der Waals surface area contributed by atoms with Gasteiger partial charge in [0.1, 0.15) is 5.82 Å². The normalized spacial score (nSPS) is 11.8. The van der Waals surface area contributed by atoms with Gasteiger partial charge in [-0.3, -0.25) is 4.79 Å². The van der Waals surface area contributed by atoms with Crippen LogP contribution in [0.4, 0.5) is 10.1 Å². The molecule has 1 aromatic carbocycles. The van der Waals surface area contributed by atoms with E-state index in [-0.39, 0.29) is 12.2 Å². The minimum absolute atomic E-state index is 0.274. The van der Waals surface area contributed by atoms with Crippen LogP contribution in [0.15, 0.2) is 41.8 Å². The average Bonchev–Trinajstić information content (AvgIpc) is 3.25. The summed E-state index contributed by atoms with van der Waals surface area (Å²) in [5.41, 5.74) is 0.274. The molecule has 1 N–H and O–H groups in total. The predicted octanol–water partition coefficient (Wildman–Crippen LogP) is 2.11. The molecule has 0 aliphatic rings. The third-order valence-electron chi connectivity index (χ3n) is 3.23. The van der Waals surface area contributed by atoms with Gasteiger partial charge in [0, 0.05) is 5.69 Å². The molecule has 0 aliphatic heterocycles. The van der Waals surface area contributed by atoms with Gasteiger partial charge in [-0.25, -0.2) is 9.18 Å². The maximum atomic E-state index is 13.1. The monoisotopic (exact) mass is 375 g/mol. The lowest BCUT2D eigenvalue weighted by atomic mass is 10.3. The number of amides is 1. The van der Waals surface area contributed by atoms with E-state index < -0.39 is 23.8 Å². The molecule has 2 aromatic heterocycles. The van der Waals surface area contributed by atoms with Gasteiger partial charge in [0.15, 0.2) is 12.6 Å². The number of tetrazole rings is 1. The zero-order chi connectivity index (χ0) is 18.5. The molecule has 0 spiro atoms. The number of aromatic nitrogens is 4. The summed E-state index contributed by atoms with van der Waals surface area (Å²) in [5.74, 6) is -1.34. The van der Waals surface area contributed by atoms with Crippen LogP contribution >= 0.6 is 11.3 Å². The molecule has 10 heteroatoms. The van der Waals surface area contributed by atoms with Crippen LogP contribution in [0.1, 0.15) is 6.92 Å². The van der Waals surface area contributed by atoms with Gasteiger partial charge >= 0.3 is 5.97 Å². The number of anilines is 1. The number of carbonyl (C=O) groups is 2. The van der Waals surface area contributed by atoms with Crippen molar-refractivity contribution in [3.63, 3.8) is 0 Å². The highest BCUT2D eigenvalue weighted by Crippen LogP contribution is 2.19. The standard InChI is InChI=1S/C16H14FN5O3S/c1-10(16(24)18-12-5-2-4-11(17)8-12)25-14(23)9-22-20-15(19-21-22)13-6-3-7-26-13/h2-8,10H,9H2,1H3,(H,18,24)/t10-/m0/s1. The Morgan fingerprint density at radius 2 is 2.19 bits per heavy atom. The number of nitrogens with one attached hydrogen (secondary N) is 1. The number of benzene rings is 1. The molecule has 134 valence electrons. The molecule has 2 heterocycles. The van der Waals surface area contributed by atoms with Crippen LogP contribution in [0.3, 0.4) is 0 Å². The van der Waals surface area contributed by atoms with E-state index in [1.165, 1.54) is 36.5 Å². The maximum absolute atomic E-state index is 13.1. The summed E-state index contributed by atoms with van der Waals surface area (Å²) in [6.07, 6.45) is -1.06. The van der Waals surface area contributed by atoms with Gasteiger partial charge in [0.05, 0.1) is 4.88 Å². The number of hydrogen-bond donors (Lipinski definition) is 1. The van der Waals surface area contributed by atoms with E-state index in [1.54, 1.807) is 0 Å². The van der Waals surface area contributed by atoms with Crippen molar-refractivity contribution in [3.8, 4) is 10.7 Å². The minimum Gasteiger partial charge on any atom is -0.451 e. The van der Waals surface area contributed by atoms with Crippen molar-refractivity contribution in [2.45, 2.75) is 19.6 Å². The molecule has 1 atom stereocenters. The molecule has 0 unspecified atom stereocenters. The van der Waals surface area contributed by atoms with Crippen molar-refractivity contribution in [1.29, 1.82) is 0 Å². The van der Waals surface area contributed by atoms with Crippen LogP contribution < -0.4 is 5.32 Å². The molecule has 0 saturated heterocycles. The highest BCUT2D eigenvalue weighted by Gasteiger charge is 2.19. The summed E-state index contributed by atoms with van der Waals surface area (Å²) >= 11 is 1.45. The summed E-state index contributed by atoms with van der Waals surface area (Å²) in [6.45, 7) is 1.13. The van der Waals surface area contributed by atoms with Gasteiger partial charge in [-0.1, -0.05) is 12.1 Å². The fraction of sp³-hybridized carbons (Fsp3) is 0.188. The van der Waals surface area contributed by atoms with E-state index in [1.807, 2.05) is 17.5 Å². The third-order valence-corrected chi connectivity index (χ3v) is 4.10. The van der Waals surface area contributed by atoms with Crippen LogP contribution in [-0.2, 0) is 20.9 Å². The van der Waals surface area contributed by atoms with Crippen LogP contribution in [-0.4, -0.2) is 38.2 Å². The summed E-state index contributed by atoms with van der Waals surface area (Å²) in [4.78, 5) is 25.9. The van der Waals surface area contributed by atoms with Crippen LogP contribution in [0.2, 0.25) is 0 Å². The Morgan fingerprint density at radius 3 is 2.92 bits per heavy atom. The Morgan fingerprint density at radius 1 is 1.35 bits per heavy atom. The zero-order valence-electron chi connectivity index (χ0n) is 13.6. The van der Waals surface area contributed by atoms with Gasteiger partial charge in [-0.2, -0.15) is 4.80 Å². The number of carbonyl (C=O) groups excluding carboxylic acids is 2. The first-order chi connectivity index (χ1) is 12.5. The molecule has 26 heavy (non-hydrogen) atoms. The van der Waals surface area contributed by atoms with Crippen LogP contribution in [0.25, 0.3) is 10.7 Å². The Labute approximate surface area is 151 Å². The number of rotatable bonds is 6. The lowest BCUT2D eigenvalue weighted by Gasteiger charge is -2.13. The Kier molecular flexibility index (Phi) is 5.32. The number of esters is 1. The fourth-order valence-electron chi connectivity index (χ4n) is 2.03. The van der Waals surface area contributed by atoms with E-state index in [0.29, 0.717) is 5.82 Å². The predicted molar refractivity (Wildman–Crippen MR) is 91.7 cm³/mol. The van der Waals surface area contributed by atoms with E-state index in [2.05, 4.69) is 20.7 Å². The molecule has 3 rings (SSSR count). The van der Waals surface area contributed by atoms with Crippen molar-refractivity contribution >= 4 is 28.9 Å². The van der Waals surface area contributed by atoms with Crippen LogP contribution in [0, 0.1) is 5.82 Å². The molecule has 0 bridgehead atoms. The van der Waals surface area contributed by atoms with Crippen LogP contribution in [0.5, 0.6) is 0 Å². The lowest BCUT2D eigenvalue weighted by molar-refractivity contribution is -0.154. The van der Waals surface area contributed by atoms with Crippen molar-refractivity contribution in [2.75, 3.05) is 5.32 Å². The van der Waals surface area contributed by atoms with E-state index in [0.717, 1.165) is 15.7 Å². The summed E-state index contributed by atoms with van der Waals surface area (Å²) in [7, 11) is 0. The molecule has 3 aromatic rings. The SMILES string of the molecule is C[C@H](OC(=O)Cn1nnc(-c2cccs2)n1)C(=O)Nc1cccc(F)c1. The largest absolute Gasteiger partial charge is 0.451 e. The molecule has 0 fully saturated rings. The summed E-state index contributed by atoms with van der Waals surface area (Å²) < 4.78 is 18.2. The minimum atomic E-state index is -1.06. The molecule has 0 aliphatic carbocycles. The molecule has 0 saturated carbocycles. The van der Waals surface area contributed by atoms with Gasteiger partial charge in [0.25, 0.3) is 5.91 Å². The Balaban J connectivity index is 1.53. The second kappa shape index (κ2) is 7.83. The number of hydrogen-bond acceptors (Lipinski definition) is 7. The highest BCUT2D eigenvalue weighted by molar-refractivity contribution is 7.13. The smallest absolute Gasteiger partial charge is 0.330 e. The van der Waals surface area contributed by atoms with Crippen molar-refractivity contribution < 1.29 is 18.7 Å². The maximum Gasteiger partial charge on any atom is 0.330 e. The number of ether oxygens (including phenoxy) is 1. The quantitative estimate of drug-likeness (QED) is 0.663. The molecular weight excluding hydrogens is 361 g/mol. The van der Waals surface area contributed by atoms with E-state index in [4.69, 9.17) is 4.74 Å². The summed E-state index contributed by atoms with van der Waals surface area (Å²) in [6, 6.07) is 9.10. The lowest BCUT2D eigenvalue weighted by Crippen LogP contribution is -2.31. The second-order valence-corrected chi connectivity index (χ2v) is 6.20. The average molecular weight is 375 g/mol. The van der Waals surface area contributed by atoms with Gasteiger partial charge in [0.2, 0.25) is 5.82 Å². The number of thiophene rings is 1. The fourth-order valence-corrected chi connectivity index (χ4v) is 2.68. The van der Waals surface area contributed by atoms with Crippen molar-refractivity contribution in [3.05, 3.63) is 47.6 Å². The second-order valence-electron chi connectivity index (χ2n) is 5.25. The highest BCUT2D eigenvalue weighted by atomic mass is 32.1. The molecule has 0 radical (unpaired) electrons. The zero-order valence-corrected chi connectivity index (χ0v) is 14.4. The molecule has 8 nitrogen and oxygen atoms in total. The van der Waals surface area contributed by atoms with Crippen molar-refractivity contribution in [1.82, 2.24) is 20.2 Å². The first kappa shape index (κ1) is 17.7. The topological polar surface area (TPSA) is 99.0 Å². The van der Waals surface area contributed by atoms with E-state index in [9.17, 15) is 14.0 Å². The number of halogens is 1. The van der Waals surface area contributed by atoms with Gasteiger partial charge in [-0.05, 0) is 41.8 Å². The molecular formula is C16H14FN5O3S. The first-order valence-corrected chi connectivity index (χ1v) is 8.47. The third kappa shape index (κ3) is 4.48.